The molecule has 0 saturated heterocycles. The molecule has 4 aromatic rings. The van der Waals surface area contributed by atoms with E-state index in [9.17, 15) is 9.59 Å². The van der Waals surface area contributed by atoms with Crippen LogP contribution in [0.3, 0.4) is 0 Å². The molecular formula is C40H46N4O2. The van der Waals surface area contributed by atoms with Gasteiger partial charge in [-0.05, 0) is 103 Å². The molecule has 0 aliphatic heterocycles. The Morgan fingerprint density at radius 2 is 0.891 bits per heavy atom. The lowest BCUT2D eigenvalue weighted by Crippen LogP contribution is -2.32. The minimum atomic E-state index is -0.388. The van der Waals surface area contributed by atoms with Crippen molar-refractivity contribution in [3.8, 4) is 0 Å². The second-order valence-corrected chi connectivity index (χ2v) is 12.8. The highest BCUT2D eigenvalue weighted by atomic mass is 16.2. The fourth-order valence-electron chi connectivity index (χ4n) is 4.71. The Kier molecular flexibility index (Phi) is 11.5. The molecule has 0 fully saturated rings. The van der Waals surface area contributed by atoms with E-state index in [2.05, 4.69) is 76.9 Å². The minimum Gasteiger partial charge on any atom is -0.326 e. The summed E-state index contributed by atoms with van der Waals surface area (Å²) in [5, 5.41) is 6.07. The van der Waals surface area contributed by atoms with Crippen molar-refractivity contribution in [1.29, 1.82) is 0 Å². The van der Waals surface area contributed by atoms with Crippen molar-refractivity contribution in [2.45, 2.75) is 73.6 Å². The average molecular weight is 615 g/mol. The molecule has 0 atom stereocenters. The molecule has 238 valence electrons. The molecule has 4 rings (SSSR count). The maximum absolute atomic E-state index is 12.7. The van der Waals surface area contributed by atoms with Crippen LogP contribution < -0.4 is 10.6 Å². The van der Waals surface area contributed by atoms with E-state index < -0.39 is 0 Å². The van der Waals surface area contributed by atoms with Gasteiger partial charge in [-0.25, -0.2) is 0 Å². The second-order valence-electron chi connectivity index (χ2n) is 12.8. The van der Waals surface area contributed by atoms with Crippen LogP contribution in [-0.4, -0.2) is 17.8 Å². The highest BCUT2D eigenvalue weighted by molar-refractivity contribution is 5.95. The third-order valence-corrected chi connectivity index (χ3v) is 9.08. The first-order valence-electron chi connectivity index (χ1n) is 16.2. The van der Waals surface area contributed by atoms with Gasteiger partial charge in [0, 0.05) is 22.2 Å². The predicted octanol–water partition coefficient (Wildman–Crippen LogP) is 10.1. The van der Waals surface area contributed by atoms with Crippen LogP contribution in [0.2, 0.25) is 0 Å². The Morgan fingerprint density at radius 1 is 0.543 bits per heavy atom. The molecule has 0 aliphatic carbocycles. The zero-order valence-corrected chi connectivity index (χ0v) is 28.0. The third-order valence-electron chi connectivity index (χ3n) is 9.08. The molecule has 2 N–H and O–H groups in total. The first kappa shape index (κ1) is 34.1. The molecule has 6 nitrogen and oxygen atoms in total. The second kappa shape index (κ2) is 15.5. The fraction of sp³-hybridized carbons (Fsp3) is 0.325. The van der Waals surface area contributed by atoms with Crippen LogP contribution in [0.25, 0.3) is 0 Å². The van der Waals surface area contributed by atoms with E-state index in [-0.39, 0.29) is 22.6 Å². The number of hydrogen-bond donors (Lipinski definition) is 2. The number of amides is 2. The van der Waals surface area contributed by atoms with Crippen LogP contribution in [-0.2, 0) is 22.4 Å². The van der Waals surface area contributed by atoms with E-state index in [4.69, 9.17) is 0 Å². The van der Waals surface area contributed by atoms with Crippen molar-refractivity contribution in [3.05, 3.63) is 119 Å². The zero-order valence-electron chi connectivity index (χ0n) is 28.0. The van der Waals surface area contributed by atoms with Gasteiger partial charge in [-0.15, -0.1) is 0 Å². The predicted molar refractivity (Wildman–Crippen MR) is 191 cm³/mol. The van der Waals surface area contributed by atoms with Crippen molar-refractivity contribution >= 4 is 40.6 Å². The summed E-state index contributed by atoms with van der Waals surface area (Å²) in [5.41, 5.74) is 7.16. The first-order valence-corrected chi connectivity index (χ1v) is 16.2. The molecule has 4 aromatic carbocycles. The summed E-state index contributed by atoms with van der Waals surface area (Å²) < 4.78 is 0. The highest BCUT2D eigenvalue weighted by Gasteiger charge is 2.29. The highest BCUT2D eigenvalue weighted by Crippen LogP contribution is 2.28. The van der Waals surface area contributed by atoms with Crippen molar-refractivity contribution in [2.75, 3.05) is 10.6 Å². The Bertz CT molecular complexity index is 1660. The van der Waals surface area contributed by atoms with Crippen molar-refractivity contribution < 1.29 is 9.59 Å². The standard InChI is InChI=1S/C40H46N4O2/c1-7-39(4,5)37(45)43-35-22-14-31(15-23-35)26-29-10-18-33(19-11-29)41-28-42-34-20-12-30(13-21-34)27-32-16-24-36(25-17-32)44-38(46)40(6,8-2)9-3/h10-25H,7-9,26-27H2,1-6H3,(H,43,45)(H,44,46). The van der Waals surface area contributed by atoms with Crippen LogP contribution >= 0.6 is 0 Å². The Balaban J connectivity index is 1.27. The van der Waals surface area contributed by atoms with E-state index in [1.807, 2.05) is 88.4 Å². The molecule has 46 heavy (non-hydrogen) atoms. The smallest absolute Gasteiger partial charge is 0.230 e. The lowest BCUT2D eigenvalue weighted by molar-refractivity contribution is -0.125. The SMILES string of the molecule is CCC(C)(C)C(=O)Nc1ccc(Cc2ccc(N=C=Nc3ccc(Cc4ccc(NC(=O)C(C)(CC)CC)cc4)cc3)cc2)cc1. The fourth-order valence-corrected chi connectivity index (χ4v) is 4.71. The van der Waals surface area contributed by atoms with Gasteiger partial charge in [-0.3, -0.25) is 9.59 Å². The van der Waals surface area contributed by atoms with Gasteiger partial charge in [-0.2, -0.15) is 9.98 Å². The van der Waals surface area contributed by atoms with Crippen molar-refractivity contribution in [1.82, 2.24) is 0 Å². The molecule has 0 bridgehead atoms. The number of aliphatic imine (C=N–C) groups is 2. The van der Waals surface area contributed by atoms with Crippen LogP contribution in [0.4, 0.5) is 22.7 Å². The summed E-state index contributed by atoms with van der Waals surface area (Å²) in [6.45, 7) is 12.0. The summed E-state index contributed by atoms with van der Waals surface area (Å²) in [5.74, 6) is 0.105. The topological polar surface area (TPSA) is 82.9 Å². The molecule has 0 saturated carbocycles. The summed E-state index contributed by atoms with van der Waals surface area (Å²) in [7, 11) is 0. The first-order chi connectivity index (χ1) is 22.0. The Labute approximate surface area is 274 Å². The van der Waals surface area contributed by atoms with Crippen molar-refractivity contribution in [2.24, 2.45) is 20.8 Å². The summed E-state index contributed by atoms with van der Waals surface area (Å²) in [4.78, 5) is 33.8. The monoisotopic (exact) mass is 614 g/mol. The van der Waals surface area contributed by atoms with E-state index in [0.29, 0.717) is 0 Å². The quantitative estimate of drug-likeness (QED) is 0.147. The van der Waals surface area contributed by atoms with Gasteiger partial charge in [0.25, 0.3) is 0 Å². The van der Waals surface area contributed by atoms with Gasteiger partial charge in [0.05, 0.1) is 11.4 Å². The van der Waals surface area contributed by atoms with Gasteiger partial charge in [0.15, 0.2) is 0 Å². The number of nitrogens with one attached hydrogen (secondary N) is 2. The van der Waals surface area contributed by atoms with E-state index in [1.165, 1.54) is 22.3 Å². The minimum absolute atomic E-state index is 0.0350. The maximum atomic E-state index is 12.7. The lowest BCUT2D eigenvalue weighted by Gasteiger charge is -2.25. The van der Waals surface area contributed by atoms with Gasteiger partial charge in [0.2, 0.25) is 11.8 Å². The summed E-state index contributed by atoms with van der Waals surface area (Å²) >= 11 is 0. The molecule has 6 heteroatoms. The molecule has 0 unspecified atom stereocenters. The van der Waals surface area contributed by atoms with Gasteiger partial charge >= 0.3 is 0 Å². The van der Waals surface area contributed by atoms with Crippen LogP contribution in [0.1, 0.15) is 83.1 Å². The molecule has 0 heterocycles. The number of rotatable bonds is 13. The molecule has 0 spiro atoms. The number of nitrogens with zero attached hydrogens (tertiary/aromatic N) is 2. The Morgan fingerprint density at radius 3 is 1.24 bits per heavy atom. The third kappa shape index (κ3) is 9.35. The van der Waals surface area contributed by atoms with Crippen LogP contribution in [0.5, 0.6) is 0 Å². The summed E-state index contributed by atoms with van der Waals surface area (Å²) in [6, 6.07) is 35.0. The number of carbonyl (C=O) groups excluding carboxylic acids is 2. The molecular weight excluding hydrogens is 568 g/mol. The average Bonchev–Trinajstić information content (AvgIpc) is 3.07. The van der Waals surface area contributed by atoms with Gasteiger partial charge in [-0.1, -0.05) is 90.1 Å². The normalized spacial score (nSPS) is 11.3. The zero-order chi connectivity index (χ0) is 33.2. The van der Waals surface area contributed by atoms with Crippen molar-refractivity contribution in [3.63, 3.8) is 0 Å². The maximum Gasteiger partial charge on any atom is 0.230 e. The molecule has 2 amide bonds. The molecule has 0 radical (unpaired) electrons. The van der Waals surface area contributed by atoms with Crippen LogP contribution in [0.15, 0.2) is 107 Å². The van der Waals surface area contributed by atoms with Gasteiger partial charge < -0.3 is 10.6 Å². The summed E-state index contributed by atoms with van der Waals surface area (Å²) in [6.07, 6.45) is 3.99. The van der Waals surface area contributed by atoms with E-state index in [0.717, 1.165) is 54.9 Å². The number of hydrogen-bond acceptors (Lipinski definition) is 4. The van der Waals surface area contributed by atoms with Crippen LogP contribution in [0, 0.1) is 10.8 Å². The largest absolute Gasteiger partial charge is 0.326 e. The number of carbonyl (C=O) groups is 2. The lowest BCUT2D eigenvalue weighted by atomic mass is 9.84. The van der Waals surface area contributed by atoms with Gasteiger partial charge in [0.1, 0.15) is 6.01 Å². The number of anilines is 2. The van der Waals surface area contributed by atoms with E-state index >= 15 is 0 Å². The van der Waals surface area contributed by atoms with E-state index in [1.54, 1.807) is 0 Å². The number of benzene rings is 4. The molecule has 0 aliphatic rings. The molecule has 0 aromatic heterocycles. The Hall–Kier alpha value is -4.80.